The van der Waals surface area contributed by atoms with E-state index in [9.17, 15) is 19.5 Å². The summed E-state index contributed by atoms with van der Waals surface area (Å²) in [5.74, 6) is -1.24. The highest BCUT2D eigenvalue weighted by Gasteiger charge is 2.19. The summed E-state index contributed by atoms with van der Waals surface area (Å²) in [6.45, 7) is 4.83. The molecule has 55 heavy (non-hydrogen) atoms. The van der Waals surface area contributed by atoms with Crippen molar-refractivity contribution in [3.05, 3.63) is 48.6 Å². The van der Waals surface area contributed by atoms with Gasteiger partial charge in [0.25, 0.3) is 0 Å². The Morgan fingerprint density at radius 3 is 1.51 bits per heavy atom. The fourth-order valence-corrected chi connectivity index (χ4v) is 6.74. The highest BCUT2D eigenvalue weighted by atomic mass is 16.5. The van der Waals surface area contributed by atoms with Crippen LogP contribution in [0.1, 0.15) is 219 Å². The van der Waals surface area contributed by atoms with E-state index in [1.165, 1.54) is 83.5 Å². The highest BCUT2D eigenvalue weighted by Crippen LogP contribution is 2.19. The summed E-state index contributed by atoms with van der Waals surface area (Å²) in [6, 6.07) is -0.858. The molecule has 0 saturated heterocycles. The van der Waals surface area contributed by atoms with E-state index in [0.717, 1.165) is 96.3 Å². The van der Waals surface area contributed by atoms with Crippen molar-refractivity contribution in [1.82, 2.24) is 5.32 Å². The van der Waals surface area contributed by atoms with E-state index in [2.05, 4.69) is 67.8 Å². The first-order valence-corrected chi connectivity index (χ1v) is 23.0. The van der Waals surface area contributed by atoms with Gasteiger partial charge in [-0.15, -0.1) is 0 Å². The summed E-state index contributed by atoms with van der Waals surface area (Å²) in [4.78, 5) is 36.4. The van der Waals surface area contributed by atoms with E-state index in [1.807, 2.05) is 0 Å². The molecule has 0 heterocycles. The van der Waals surface area contributed by atoms with Crippen molar-refractivity contribution in [1.29, 1.82) is 0 Å². The number of nitrogens with two attached hydrogens (primary N) is 1. The Balaban J connectivity index is 4.27. The second-order valence-electron chi connectivity index (χ2n) is 15.4. The molecule has 0 bridgehead atoms. The number of allylic oxidation sites excluding steroid dienone is 8. The van der Waals surface area contributed by atoms with E-state index >= 15 is 0 Å². The predicted octanol–water partition coefficient (Wildman–Crippen LogP) is 13.2. The number of amides is 1. The Kier molecular flexibility index (Phi) is 40.4. The zero-order valence-electron chi connectivity index (χ0n) is 35.8. The molecule has 7 heteroatoms. The van der Waals surface area contributed by atoms with Crippen molar-refractivity contribution in [2.45, 2.75) is 231 Å². The Hall–Kier alpha value is -2.67. The molecule has 0 aliphatic heterocycles. The van der Waals surface area contributed by atoms with Gasteiger partial charge in [0.15, 0.2) is 0 Å². The van der Waals surface area contributed by atoms with Gasteiger partial charge in [-0.2, -0.15) is 0 Å². The number of aliphatic carboxylic acids is 1. The molecule has 0 fully saturated rings. The molecular formula is C48H86N2O5. The second-order valence-corrected chi connectivity index (χ2v) is 15.4. The van der Waals surface area contributed by atoms with E-state index < -0.39 is 12.0 Å². The zero-order chi connectivity index (χ0) is 40.3. The Bertz CT molecular complexity index is 1000. The van der Waals surface area contributed by atoms with Crippen LogP contribution in [0.5, 0.6) is 0 Å². The van der Waals surface area contributed by atoms with E-state index in [4.69, 9.17) is 10.5 Å². The SMILES string of the molecule is CC/C=C\C/C=C\C/C=C\C/C=C\CCCCCCCCC(=O)OC(CCCCCCCCCCCC)CCCCCCCC(=O)NC(CCCN)C(=O)O. The lowest BCUT2D eigenvalue weighted by Gasteiger charge is -2.18. The van der Waals surface area contributed by atoms with Gasteiger partial charge in [-0.25, -0.2) is 4.79 Å². The van der Waals surface area contributed by atoms with Crippen molar-refractivity contribution in [2.24, 2.45) is 5.73 Å². The molecule has 0 aromatic rings. The maximum atomic E-state index is 12.8. The lowest BCUT2D eigenvalue weighted by Crippen LogP contribution is -2.40. The third kappa shape index (κ3) is 39.4. The van der Waals surface area contributed by atoms with Crippen LogP contribution >= 0.6 is 0 Å². The van der Waals surface area contributed by atoms with Crippen LogP contribution in [0, 0.1) is 0 Å². The lowest BCUT2D eigenvalue weighted by molar-refractivity contribution is -0.150. The smallest absolute Gasteiger partial charge is 0.326 e. The minimum absolute atomic E-state index is 0.00663. The molecule has 0 radical (unpaired) electrons. The van der Waals surface area contributed by atoms with Gasteiger partial charge in [-0.3, -0.25) is 9.59 Å². The minimum atomic E-state index is -1.00. The van der Waals surface area contributed by atoms with Crippen LogP contribution in [0.3, 0.4) is 0 Å². The maximum absolute atomic E-state index is 12.8. The van der Waals surface area contributed by atoms with E-state index in [-0.39, 0.29) is 18.0 Å². The third-order valence-corrected chi connectivity index (χ3v) is 10.2. The summed E-state index contributed by atoms with van der Waals surface area (Å²) in [7, 11) is 0. The van der Waals surface area contributed by atoms with Gasteiger partial charge in [-0.05, 0) is 96.4 Å². The fourth-order valence-electron chi connectivity index (χ4n) is 6.74. The number of carbonyl (C=O) groups excluding carboxylic acids is 2. The quantitative estimate of drug-likeness (QED) is 0.0324. The monoisotopic (exact) mass is 771 g/mol. The van der Waals surface area contributed by atoms with Gasteiger partial charge in [-0.1, -0.05) is 165 Å². The van der Waals surface area contributed by atoms with E-state index in [1.54, 1.807) is 0 Å². The van der Waals surface area contributed by atoms with Gasteiger partial charge < -0.3 is 20.9 Å². The number of nitrogens with one attached hydrogen (secondary N) is 1. The number of unbranched alkanes of at least 4 members (excludes halogenated alkanes) is 19. The van der Waals surface area contributed by atoms with Gasteiger partial charge in [0.2, 0.25) is 5.91 Å². The predicted molar refractivity (Wildman–Crippen MR) is 234 cm³/mol. The first kappa shape index (κ1) is 52.3. The number of carboxylic acid groups (broad SMARTS) is 1. The molecule has 1 amide bonds. The van der Waals surface area contributed by atoms with Gasteiger partial charge in [0.1, 0.15) is 12.1 Å². The van der Waals surface area contributed by atoms with Crippen LogP contribution in [0.15, 0.2) is 48.6 Å². The standard InChI is InChI=1S/C48H86N2O5/c1-3-5-7-9-11-13-15-16-17-18-19-20-21-22-23-25-27-32-36-42-47(52)55-44(38-33-29-26-24-14-12-10-8-6-4-2)39-34-30-28-31-35-41-46(51)50-45(48(53)54)40-37-43-49/h5,7,11,13,16-17,19-20,44-45H,3-4,6,8-10,12,14-15,18,21-43,49H2,1-2H3,(H,50,51)(H,53,54)/b7-5-,13-11-,17-16-,20-19-. The van der Waals surface area contributed by atoms with Gasteiger partial charge >= 0.3 is 11.9 Å². The van der Waals surface area contributed by atoms with Crippen molar-refractivity contribution >= 4 is 17.8 Å². The number of hydrogen-bond acceptors (Lipinski definition) is 5. The number of ether oxygens (including phenoxy) is 1. The highest BCUT2D eigenvalue weighted by molar-refractivity contribution is 5.83. The summed E-state index contributed by atoms with van der Waals surface area (Å²) in [5, 5.41) is 11.9. The summed E-state index contributed by atoms with van der Waals surface area (Å²) >= 11 is 0. The molecule has 0 aliphatic carbocycles. The van der Waals surface area contributed by atoms with Crippen LogP contribution < -0.4 is 11.1 Å². The largest absolute Gasteiger partial charge is 0.480 e. The summed E-state index contributed by atoms with van der Waals surface area (Å²) in [6.07, 6.45) is 51.6. The van der Waals surface area contributed by atoms with Crippen LogP contribution in [0.2, 0.25) is 0 Å². The normalized spacial score (nSPS) is 13.1. The molecule has 0 rings (SSSR count). The molecule has 0 spiro atoms. The Morgan fingerprint density at radius 2 is 1.00 bits per heavy atom. The number of rotatable bonds is 41. The molecular weight excluding hydrogens is 685 g/mol. The molecule has 2 unspecified atom stereocenters. The van der Waals surface area contributed by atoms with Crippen molar-refractivity contribution < 1.29 is 24.2 Å². The minimum Gasteiger partial charge on any atom is -0.480 e. The van der Waals surface area contributed by atoms with Crippen LogP contribution in [0.25, 0.3) is 0 Å². The average Bonchev–Trinajstić information content (AvgIpc) is 3.17. The lowest BCUT2D eigenvalue weighted by atomic mass is 10.0. The molecule has 4 N–H and O–H groups in total. The Morgan fingerprint density at radius 1 is 0.545 bits per heavy atom. The van der Waals surface area contributed by atoms with Gasteiger partial charge in [0.05, 0.1) is 0 Å². The molecule has 318 valence electrons. The van der Waals surface area contributed by atoms with Crippen LogP contribution in [0.4, 0.5) is 0 Å². The molecule has 7 nitrogen and oxygen atoms in total. The summed E-state index contributed by atoms with van der Waals surface area (Å²) in [5.41, 5.74) is 5.49. The first-order chi connectivity index (χ1) is 26.9. The van der Waals surface area contributed by atoms with Crippen molar-refractivity contribution in [3.63, 3.8) is 0 Å². The maximum Gasteiger partial charge on any atom is 0.326 e. The second kappa shape index (κ2) is 42.5. The molecule has 0 saturated carbocycles. The van der Waals surface area contributed by atoms with Crippen LogP contribution in [-0.2, 0) is 19.1 Å². The zero-order valence-corrected chi connectivity index (χ0v) is 35.8. The number of carboxylic acids is 1. The number of esters is 1. The van der Waals surface area contributed by atoms with Gasteiger partial charge in [0, 0.05) is 12.8 Å². The fraction of sp³-hybridized carbons (Fsp3) is 0.771. The van der Waals surface area contributed by atoms with Crippen LogP contribution in [-0.4, -0.2) is 41.6 Å². The third-order valence-electron chi connectivity index (χ3n) is 10.2. The van der Waals surface area contributed by atoms with E-state index in [0.29, 0.717) is 32.2 Å². The average molecular weight is 771 g/mol. The van der Waals surface area contributed by atoms with Crippen molar-refractivity contribution in [2.75, 3.05) is 6.54 Å². The number of carbonyl (C=O) groups is 3. The number of hydrogen-bond donors (Lipinski definition) is 3. The molecule has 0 aliphatic rings. The summed E-state index contributed by atoms with van der Waals surface area (Å²) < 4.78 is 6.05. The molecule has 2 atom stereocenters. The van der Waals surface area contributed by atoms with Crippen molar-refractivity contribution in [3.8, 4) is 0 Å². The first-order valence-electron chi connectivity index (χ1n) is 23.0. The molecule has 0 aromatic heterocycles. The molecule has 0 aromatic carbocycles. The Labute approximate surface area is 338 Å². The topological polar surface area (TPSA) is 119 Å².